The lowest BCUT2D eigenvalue weighted by Crippen LogP contribution is -2.09. The van der Waals surface area contributed by atoms with Crippen LogP contribution in [-0.4, -0.2) is 27.3 Å². The molecule has 0 aliphatic rings. The summed E-state index contributed by atoms with van der Waals surface area (Å²) >= 11 is 0. The molecule has 0 amide bonds. The maximum absolute atomic E-state index is 12.6. The molecule has 6 nitrogen and oxygen atoms in total. The number of allylic oxidation sites excluding steroid dienone is 1. The Balaban J connectivity index is 1.85. The first-order chi connectivity index (χ1) is 15.1. The molecule has 0 unspecified atom stereocenters. The van der Waals surface area contributed by atoms with Crippen molar-refractivity contribution in [2.24, 2.45) is 0 Å². The van der Waals surface area contributed by atoms with Crippen LogP contribution in [0.15, 0.2) is 66.7 Å². The standard InChI is InChI=1S/C25H21NO5/c1-28-22-10-5-4-9-21(22)19(16-26)13-17-7-6-8-20(14-17)31-25(27)18-11-12-23(29-2)24(15-18)30-3/h4-15H,1-3H3/b19-13-. The van der Waals surface area contributed by atoms with Gasteiger partial charge in [-0.25, -0.2) is 4.79 Å². The lowest BCUT2D eigenvalue weighted by atomic mass is 10.0. The second-order valence-corrected chi connectivity index (χ2v) is 6.40. The molecule has 0 radical (unpaired) electrons. The topological polar surface area (TPSA) is 77.8 Å². The van der Waals surface area contributed by atoms with Crippen molar-refractivity contribution in [1.82, 2.24) is 0 Å². The molecule has 31 heavy (non-hydrogen) atoms. The van der Waals surface area contributed by atoms with Crippen LogP contribution in [0.1, 0.15) is 21.5 Å². The fourth-order valence-electron chi connectivity index (χ4n) is 3.00. The first-order valence-electron chi connectivity index (χ1n) is 9.39. The number of nitriles is 1. The fraction of sp³-hybridized carbons (Fsp3) is 0.120. The highest BCUT2D eigenvalue weighted by molar-refractivity contribution is 5.93. The second-order valence-electron chi connectivity index (χ2n) is 6.40. The number of ether oxygens (including phenoxy) is 4. The SMILES string of the molecule is COc1ccc(C(=O)Oc2cccc(/C=C(/C#N)c3ccccc3OC)c2)cc1OC. The zero-order chi connectivity index (χ0) is 22.2. The van der Waals surface area contributed by atoms with E-state index in [-0.39, 0.29) is 0 Å². The van der Waals surface area contributed by atoms with Gasteiger partial charge in [-0.2, -0.15) is 5.26 Å². The lowest BCUT2D eigenvalue weighted by molar-refractivity contribution is 0.0734. The van der Waals surface area contributed by atoms with E-state index in [1.807, 2.05) is 24.3 Å². The van der Waals surface area contributed by atoms with Crippen LogP contribution in [0.4, 0.5) is 0 Å². The highest BCUT2D eigenvalue weighted by Gasteiger charge is 2.13. The van der Waals surface area contributed by atoms with Crippen molar-refractivity contribution in [3.8, 4) is 29.1 Å². The second kappa shape index (κ2) is 9.99. The Morgan fingerprint density at radius 1 is 0.839 bits per heavy atom. The number of carbonyl (C=O) groups excluding carboxylic acids is 1. The number of nitrogens with zero attached hydrogens (tertiary/aromatic N) is 1. The van der Waals surface area contributed by atoms with Crippen LogP contribution in [0.25, 0.3) is 11.6 Å². The van der Waals surface area contributed by atoms with E-state index in [0.29, 0.717) is 45.3 Å². The molecule has 3 aromatic carbocycles. The van der Waals surface area contributed by atoms with E-state index >= 15 is 0 Å². The first kappa shape index (κ1) is 21.5. The van der Waals surface area contributed by atoms with E-state index in [1.54, 1.807) is 55.7 Å². The molecule has 0 heterocycles. The van der Waals surface area contributed by atoms with Gasteiger partial charge in [-0.05, 0) is 54.1 Å². The van der Waals surface area contributed by atoms with Gasteiger partial charge in [0.05, 0.1) is 38.5 Å². The van der Waals surface area contributed by atoms with Crippen molar-refractivity contribution in [2.75, 3.05) is 21.3 Å². The molecule has 0 aliphatic carbocycles. The average Bonchev–Trinajstić information content (AvgIpc) is 2.82. The van der Waals surface area contributed by atoms with E-state index in [1.165, 1.54) is 14.2 Å². The van der Waals surface area contributed by atoms with Crippen molar-refractivity contribution >= 4 is 17.6 Å². The Bertz CT molecular complexity index is 1160. The van der Waals surface area contributed by atoms with E-state index in [4.69, 9.17) is 18.9 Å². The molecule has 0 N–H and O–H groups in total. The van der Waals surface area contributed by atoms with Crippen LogP contribution < -0.4 is 18.9 Å². The van der Waals surface area contributed by atoms with Crippen molar-refractivity contribution < 1.29 is 23.7 Å². The van der Waals surface area contributed by atoms with Gasteiger partial charge in [-0.15, -0.1) is 0 Å². The van der Waals surface area contributed by atoms with Gasteiger partial charge in [0, 0.05) is 5.56 Å². The molecule has 0 saturated heterocycles. The monoisotopic (exact) mass is 415 g/mol. The predicted octanol–water partition coefficient (Wildman–Crippen LogP) is 5.00. The molecular formula is C25H21NO5. The van der Waals surface area contributed by atoms with E-state index in [0.717, 1.165) is 0 Å². The highest BCUT2D eigenvalue weighted by Crippen LogP contribution is 2.29. The molecule has 3 rings (SSSR count). The van der Waals surface area contributed by atoms with Gasteiger partial charge >= 0.3 is 5.97 Å². The molecule has 0 fully saturated rings. The Labute approximate surface area is 180 Å². The number of hydrogen-bond acceptors (Lipinski definition) is 6. The smallest absolute Gasteiger partial charge is 0.343 e. The fourth-order valence-corrected chi connectivity index (χ4v) is 3.00. The van der Waals surface area contributed by atoms with Gasteiger partial charge in [0.25, 0.3) is 0 Å². The number of para-hydroxylation sites is 1. The quantitative estimate of drug-likeness (QED) is 0.234. The first-order valence-corrected chi connectivity index (χ1v) is 9.39. The summed E-state index contributed by atoms with van der Waals surface area (Å²) in [7, 11) is 4.58. The number of benzene rings is 3. The van der Waals surface area contributed by atoms with Crippen LogP contribution in [-0.2, 0) is 0 Å². The predicted molar refractivity (Wildman–Crippen MR) is 117 cm³/mol. The van der Waals surface area contributed by atoms with E-state index in [2.05, 4.69) is 6.07 Å². The lowest BCUT2D eigenvalue weighted by Gasteiger charge is -2.10. The molecule has 0 aliphatic heterocycles. The Hall–Kier alpha value is -4.24. The Kier molecular flexibility index (Phi) is 6.92. The maximum atomic E-state index is 12.6. The molecule has 6 heteroatoms. The summed E-state index contributed by atoms with van der Waals surface area (Å²) in [4.78, 5) is 12.6. The molecule has 0 saturated carbocycles. The van der Waals surface area contributed by atoms with Crippen molar-refractivity contribution in [3.63, 3.8) is 0 Å². The summed E-state index contributed by atoms with van der Waals surface area (Å²) in [6, 6.07) is 21.2. The summed E-state index contributed by atoms with van der Waals surface area (Å²) < 4.78 is 21.3. The van der Waals surface area contributed by atoms with Gasteiger partial charge in [-0.3, -0.25) is 0 Å². The van der Waals surface area contributed by atoms with Gasteiger partial charge in [-0.1, -0.05) is 24.3 Å². The van der Waals surface area contributed by atoms with Gasteiger partial charge in [0.15, 0.2) is 11.5 Å². The third-order valence-corrected chi connectivity index (χ3v) is 4.52. The molecule has 0 aromatic heterocycles. The summed E-state index contributed by atoms with van der Waals surface area (Å²) in [6.07, 6.45) is 1.71. The molecule has 0 atom stereocenters. The molecule has 156 valence electrons. The minimum absolute atomic E-state index is 0.324. The zero-order valence-corrected chi connectivity index (χ0v) is 17.4. The number of methoxy groups -OCH3 is 3. The van der Waals surface area contributed by atoms with Gasteiger partial charge < -0.3 is 18.9 Å². The van der Waals surface area contributed by atoms with Crippen LogP contribution in [0.5, 0.6) is 23.0 Å². The number of hydrogen-bond donors (Lipinski definition) is 0. The molecule has 0 spiro atoms. The third-order valence-electron chi connectivity index (χ3n) is 4.52. The maximum Gasteiger partial charge on any atom is 0.343 e. The Morgan fingerprint density at radius 2 is 1.58 bits per heavy atom. The summed E-state index contributed by atoms with van der Waals surface area (Å²) in [5, 5.41) is 9.63. The van der Waals surface area contributed by atoms with Crippen LogP contribution in [0.3, 0.4) is 0 Å². The Morgan fingerprint density at radius 3 is 2.29 bits per heavy atom. The summed E-state index contributed by atoms with van der Waals surface area (Å²) in [5.74, 6) is 1.38. The molecular weight excluding hydrogens is 394 g/mol. The van der Waals surface area contributed by atoms with E-state index in [9.17, 15) is 10.1 Å². The molecule has 0 bridgehead atoms. The average molecular weight is 415 g/mol. The third kappa shape index (κ3) is 5.03. The summed E-state index contributed by atoms with van der Waals surface area (Å²) in [5.41, 5.74) is 2.14. The summed E-state index contributed by atoms with van der Waals surface area (Å²) in [6.45, 7) is 0. The zero-order valence-electron chi connectivity index (χ0n) is 17.4. The van der Waals surface area contributed by atoms with Crippen LogP contribution in [0, 0.1) is 11.3 Å². The minimum atomic E-state index is -0.535. The van der Waals surface area contributed by atoms with Crippen molar-refractivity contribution in [2.45, 2.75) is 0 Å². The van der Waals surface area contributed by atoms with Crippen molar-refractivity contribution in [3.05, 3.63) is 83.4 Å². The largest absolute Gasteiger partial charge is 0.496 e. The van der Waals surface area contributed by atoms with Crippen molar-refractivity contribution in [1.29, 1.82) is 5.26 Å². The number of rotatable bonds is 7. The normalized spacial score (nSPS) is 10.7. The number of esters is 1. The van der Waals surface area contributed by atoms with Crippen LogP contribution in [0.2, 0.25) is 0 Å². The van der Waals surface area contributed by atoms with Gasteiger partial charge in [0.2, 0.25) is 0 Å². The van der Waals surface area contributed by atoms with E-state index < -0.39 is 5.97 Å². The molecule has 3 aromatic rings. The highest BCUT2D eigenvalue weighted by atomic mass is 16.5. The minimum Gasteiger partial charge on any atom is -0.496 e. The van der Waals surface area contributed by atoms with Crippen LogP contribution >= 0.6 is 0 Å². The number of carbonyl (C=O) groups is 1. The van der Waals surface area contributed by atoms with Gasteiger partial charge in [0.1, 0.15) is 11.5 Å².